The third kappa shape index (κ3) is 3.46. The van der Waals surface area contributed by atoms with Gasteiger partial charge in [0.1, 0.15) is 17.1 Å². The molecule has 1 rings (SSSR count). The minimum Gasteiger partial charge on any atom is -0.496 e. The van der Waals surface area contributed by atoms with E-state index in [2.05, 4.69) is 5.32 Å². The molecule has 1 unspecified atom stereocenters. The monoisotopic (exact) mass is 283 g/mol. The zero-order valence-corrected chi connectivity index (χ0v) is 11.7. The molecule has 1 aromatic rings. The number of hydrogen-bond donors (Lipinski definition) is 2. The van der Waals surface area contributed by atoms with Crippen LogP contribution in [0.4, 0.5) is 4.39 Å². The third-order valence-corrected chi connectivity index (χ3v) is 3.02. The van der Waals surface area contributed by atoms with Gasteiger partial charge in [0.2, 0.25) is 0 Å². The summed E-state index contributed by atoms with van der Waals surface area (Å²) in [7, 11) is 1.35. The molecule has 0 radical (unpaired) electrons. The Bertz CT molecular complexity index is 518. The van der Waals surface area contributed by atoms with Crippen molar-refractivity contribution in [1.29, 1.82) is 0 Å². The van der Waals surface area contributed by atoms with Crippen molar-refractivity contribution >= 4 is 11.9 Å². The van der Waals surface area contributed by atoms with Gasteiger partial charge in [-0.2, -0.15) is 0 Å². The first-order valence-corrected chi connectivity index (χ1v) is 6.23. The molecule has 1 amide bonds. The van der Waals surface area contributed by atoms with E-state index in [9.17, 15) is 19.1 Å². The van der Waals surface area contributed by atoms with Crippen molar-refractivity contribution in [3.05, 3.63) is 29.6 Å². The van der Waals surface area contributed by atoms with E-state index in [1.807, 2.05) is 6.92 Å². The van der Waals surface area contributed by atoms with Crippen LogP contribution in [-0.4, -0.2) is 29.6 Å². The van der Waals surface area contributed by atoms with Crippen LogP contribution >= 0.6 is 0 Å². The lowest BCUT2D eigenvalue weighted by Crippen LogP contribution is -2.52. The zero-order valence-electron chi connectivity index (χ0n) is 11.7. The summed E-state index contributed by atoms with van der Waals surface area (Å²) in [6.45, 7) is 3.23. The Balaban J connectivity index is 3.06. The Hall–Kier alpha value is -2.11. The minimum absolute atomic E-state index is 0.0314. The highest BCUT2D eigenvalue weighted by atomic mass is 19.1. The number of nitrogens with one attached hydrogen (secondary N) is 1. The molecule has 0 heterocycles. The normalized spacial score (nSPS) is 13.4. The summed E-state index contributed by atoms with van der Waals surface area (Å²) in [5.74, 6) is -2.22. The van der Waals surface area contributed by atoms with E-state index in [1.54, 1.807) is 0 Å². The predicted octanol–water partition coefficient (Wildman–Crippen LogP) is 2.21. The fourth-order valence-corrected chi connectivity index (χ4v) is 1.90. The lowest BCUT2D eigenvalue weighted by atomic mass is 9.95. The summed E-state index contributed by atoms with van der Waals surface area (Å²) in [6, 6.07) is 3.50. The van der Waals surface area contributed by atoms with E-state index >= 15 is 0 Å². The summed E-state index contributed by atoms with van der Waals surface area (Å²) >= 11 is 0. The summed E-state index contributed by atoms with van der Waals surface area (Å²) in [5.41, 5.74) is -1.43. The Morgan fingerprint density at radius 1 is 1.45 bits per heavy atom. The molecular weight excluding hydrogens is 265 g/mol. The molecule has 0 aliphatic rings. The molecule has 6 heteroatoms. The van der Waals surface area contributed by atoms with Crippen molar-refractivity contribution in [2.75, 3.05) is 7.11 Å². The lowest BCUT2D eigenvalue weighted by molar-refractivity contribution is -0.144. The second kappa shape index (κ2) is 6.36. The SMILES string of the molecule is CCCC(C)(NC(=O)c1cc(F)ccc1OC)C(=O)O. The highest BCUT2D eigenvalue weighted by Gasteiger charge is 2.34. The van der Waals surface area contributed by atoms with Gasteiger partial charge in [-0.25, -0.2) is 9.18 Å². The summed E-state index contributed by atoms with van der Waals surface area (Å²) in [6.07, 6.45) is 0.856. The molecule has 5 nitrogen and oxygen atoms in total. The molecule has 0 saturated heterocycles. The summed E-state index contributed by atoms with van der Waals surface area (Å²) in [5, 5.41) is 11.6. The highest BCUT2D eigenvalue weighted by molar-refractivity contribution is 5.99. The number of carboxylic acids is 1. The van der Waals surface area contributed by atoms with Crippen LogP contribution < -0.4 is 10.1 Å². The van der Waals surface area contributed by atoms with E-state index in [0.29, 0.717) is 6.42 Å². The first-order valence-electron chi connectivity index (χ1n) is 6.23. The maximum atomic E-state index is 13.2. The van der Waals surface area contributed by atoms with E-state index in [-0.39, 0.29) is 17.7 Å². The molecular formula is C14H18FNO4. The summed E-state index contributed by atoms with van der Waals surface area (Å²) < 4.78 is 18.2. The van der Waals surface area contributed by atoms with Crippen molar-refractivity contribution < 1.29 is 23.8 Å². The van der Waals surface area contributed by atoms with Gasteiger partial charge in [0.25, 0.3) is 5.91 Å². The Kier molecular flexibility index (Phi) is 5.07. The van der Waals surface area contributed by atoms with Crippen LogP contribution in [0.2, 0.25) is 0 Å². The van der Waals surface area contributed by atoms with Crippen molar-refractivity contribution in [2.45, 2.75) is 32.2 Å². The number of hydrogen-bond acceptors (Lipinski definition) is 3. The molecule has 1 aromatic carbocycles. The van der Waals surface area contributed by atoms with E-state index in [1.165, 1.54) is 20.1 Å². The number of ether oxygens (including phenoxy) is 1. The number of aliphatic carboxylic acids is 1. The van der Waals surface area contributed by atoms with Gasteiger partial charge < -0.3 is 15.2 Å². The maximum Gasteiger partial charge on any atom is 0.329 e. The van der Waals surface area contributed by atoms with E-state index in [4.69, 9.17) is 4.74 Å². The van der Waals surface area contributed by atoms with Crippen molar-refractivity contribution in [1.82, 2.24) is 5.32 Å². The molecule has 0 bridgehead atoms. The fourth-order valence-electron chi connectivity index (χ4n) is 1.90. The Morgan fingerprint density at radius 2 is 2.10 bits per heavy atom. The zero-order chi connectivity index (χ0) is 15.3. The lowest BCUT2D eigenvalue weighted by Gasteiger charge is -2.26. The molecule has 0 spiro atoms. The van der Waals surface area contributed by atoms with Crippen LogP contribution in [0.25, 0.3) is 0 Å². The largest absolute Gasteiger partial charge is 0.496 e. The van der Waals surface area contributed by atoms with Crippen LogP contribution in [-0.2, 0) is 4.79 Å². The highest BCUT2D eigenvalue weighted by Crippen LogP contribution is 2.21. The van der Waals surface area contributed by atoms with Crippen LogP contribution in [0.1, 0.15) is 37.0 Å². The van der Waals surface area contributed by atoms with Gasteiger partial charge in [-0.1, -0.05) is 13.3 Å². The van der Waals surface area contributed by atoms with Gasteiger partial charge in [-0.3, -0.25) is 4.79 Å². The van der Waals surface area contributed by atoms with Gasteiger partial charge in [0.05, 0.1) is 12.7 Å². The second-order valence-corrected chi connectivity index (χ2v) is 4.69. The number of carbonyl (C=O) groups excluding carboxylic acids is 1. The molecule has 0 aliphatic carbocycles. The standard InChI is InChI=1S/C14H18FNO4/c1-4-7-14(2,13(18)19)16-12(17)10-8-9(15)5-6-11(10)20-3/h5-6,8H,4,7H2,1-3H3,(H,16,17)(H,18,19). The number of benzene rings is 1. The van der Waals surface area contributed by atoms with Crippen LogP contribution in [0.3, 0.4) is 0 Å². The van der Waals surface area contributed by atoms with E-state index in [0.717, 1.165) is 12.1 Å². The quantitative estimate of drug-likeness (QED) is 0.839. The number of carboxylic acid groups (broad SMARTS) is 1. The molecule has 110 valence electrons. The number of methoxy groups -OCH3 is 1. The fraction of sp³-hybridized carbons (Fsp3) is 0.429. The molecule has 0 aliphatic heterocycles. The van der Waals surface area contributed by atoms with Crippen LogP contribution in [0.15, 0.2) is 18.2 Å². The Labute approximate surface area is 116 Å². The number of carbonyl (C=O) groups is 2. The Morgan fingerprint density at radius 3 is 2.60 bits per heavy atom. The van der Waals surface area contributed by atoms with Gasteiger partial charge >= 0.3 is 5.97 Å². The molecule has 0 fully saturated rings. The molecule has 20 heavy (non-hydrogen) atoms. The topological polar surface area (TPSA) is 75.6 Å². The van der Waals surface area contributed by atoms with Crippen LogP contribution in [0.5, 0.6) is 5.75 Å². The van der Waals surface area contributed by atoms with Gasteiger partial charge in [0, 0.05) is 0 Å². The minimum atomic E-state index is -1.40. The molecule has 0 aromatic heterocycles. The van der Waals surface area contributed by atoms with Gasteiger partial charge in [-0.15, -0.1) is 0 Å². The van der Waals surface area contributed by atoms with Crippen molar-refractivity contribution in [3.63, 3.8) is 0 Å². The predicted molar refractivity (Wildman–Crippen MR) is 71.4 cm³/mol. The molecule has 2 N–H and O–H groups in total. The second-order valence-electron chi connectivity index (χ2n) is 4.69. The van der Waals surface area contributed by atoms with E-state index < -0.39 is 23.2 Å². The van der Waals surface area contributed by atoms with Gasteiger partial charge in [0.15, 0.2) is 0 Å². The molecule has 1 atom stereocenters. The van der Waals surface area contributed by atoms with Crippen molar-refractivity contribution in [3.8, 4) is 5.75 Å². The number of halogens is 1. The average molecular weight is 283 g/mol. The summed E-state index contributed by atoms with van der Waals surface area (Å²) in [4.78, 5) is 23.4. The van der Waals surface area contributed by atoms with Gasteiger partial charge in [-0.05, 0) is 31.5 Å². The number of rotatable bonds is 6. The maximum absolute atomic E-state index is 13.2. The third-order valence-electron chi connectivity index (χ3n) is 3.02. The molecule has 0 saturated carbocycles. The first kappa shape index (κ1) is 15.9. The smallest absolute Gasteiger partial charge is 0.329 e. The number of amides is 1. The van der Waals surface area contributed by atoms with Crippen LogP contribution in [0, 0.1) is 5.82 Å². The van der Waals surface area contributed by atoms with Crippen molar-refractivity contribution in [2.24, 2.45) is 0 Å². The average Bonchev–Trinajstić information content (AvgIpc) is 2.38. The first-order chi connectivity index (χ1) is 9.34.